The molecule has 2 N–H and O–H groups in total. The standard InChI is InChI=1S/C16H19F3N4O/c1-10(2)9-23-14(15(18)19)13(8-21-23)22-16(24)20-7-11-5-3-4-6-12(11)17/h3-6,8,10,15H,7,9H2,1-2H3,(H2,20,22,24). The quantitative estimate of drug-likeness (QED) is 0.837. The number of nitrogens with one attached hydrogen (secondary N) is 2. The molecule has 0 atom stereocenters. The number of rotatable bonds is 6. The molecule has 1 aromatic heterocycles. The molecule has 0 fully saturated rings. The molecule has 0 bridgehead atoms. The number of hydrogen-bond donors (Lipinski definition) is 2. The Kier molecular flexibility index (Phi) is 5.83. The van der Waals surface area contributed by atoms with E-state index >= 15 is 0 Å². The molecule has 0 radical (unpaired) electrons. The highest BCUT2D eigenvalue weighted by Gasteiger charge is 2.22. The normalized spacial score (nSPS) is 11.1. The maximum atomic E-state index is 13.5. The van der Waals surface area contributed by atoms with Crippen molar-refractivity contribution in [2.75, 3.05) is 5.32 Å². The highest BCUT2D eigenvalue weighted by atomic mass is 19.3. The first-order valence-electron chi connectivity index (χ1n) is 7.50. The van der Waals surface area contributed by atoms with Crippen molar-refractivity contribution in [2.45, 2.75) is 33.4 Å². The van der Waals surface area contributed by atoms with E-state index in [4.69, 9.17) is 0 Å². The van der Waals surface area contributed by atoms with Gasteiger partial charge in [0.25, 0.3) is 6.43 Å². The number of alkyl halides is 2. The van der Waals surface area contributed by atoms with Gasteiger partial charge in [-0.2, -0.15) is 5.10 Å². The summed E-state index contributed by atoms with van der Waals surface area (Å²) in [5.41, 5.74) is -0.0985. The number of urea groups is 1. The molecule has 0 aliphatic heterocycles. The number of amides is 2. The van der Waals surface area contributed by atoms with Gasteiger partial charge in [0.1, 0.15) is 11.5 Å². The van der Waals surface area contributed by atoms with Gasteiger partial charge < -0.3 is 10.6 Å². The molecule has 0 aliphatic rings. The largest absolute Gasteiger partial charge is 0.334 e. The SMILES string of the molecule is CC(C)Cn1ncc(NC(=O)NCc2ccccc2F)c1C(F)F. The van der Waals surface area contributed by atoms with Crippen LogP contribution in [0.15, 0.2) is 30.5 Å². The summed E-state index contributed by atoms with van der Waals surface area (Å²) < 4.78 is 41.1. The average molecular weight is 340 g/mol. The lowest BCUT2D eigenvalue weighted by Crippen LogP contribution is -2.29. The lowest BCUT2D eigenvalue weighted by molar-refractivity contribution is 0.138. The molecule has 1 aromatic carbocycles. The van der Waals surface area contributed by atoms with Crippen molar-refractivity contribution in [3.05, 3.63) is 47.5 Å². The summed E-state index contributed by atoms with van der Waals surface area (Å²) >= 11 is 0. The topological polar surface area (TPSA) is 59.0 Å². The van der Waals surface area contributed by atoms with Gasteiger partial charge in [-0.1, -0.05) is 32.0 Å². The smallest absolute Gasteiger partial charge is 0.319 e. The van der Waals surface area contributed by atoms with E-state index in [1.54, 1.807) is 6.07 Å². The van der Waals surface area contributed by atoms with E-state index in [9.17, 15) is 18.0 Å². The maximum absolute atomic E-state index is 13.5. The summed E-state index contributed by atoms with van der Waals surface area (Å²) in [5.74, 6) is -0.319. The number of anilines is 1. The number of hydrogen-bond acceptors (Lipinski definition) is 2. The first-order chi connectivity index (χ1) is 11.4. The Morgan fingerprint density at radius 2 is 2.00 bits per heavy atom. The molecule has 0 saturated carbocycles. The second kappa shape index (κ2) is 7.85. The predicted octanol–water partition coefficient (Wildman–Crippen LogP) is 3.94. The number of carbonyl (C=O) groups excluding carboxylic acids is 1. The van der Waals surface area contributed by atoms with Crippen LogP contribution in [0.2, 0.25) is 0 Å². The number of aromatic nitrogens is 2. The lowest BCUT2D eigenvalue weighted by atomic mass is 10.2. The third-order valence-electron chi connectivity index (χ3n) is 3.27. The van der Waals surface area contributed by atoms with Gasteiger partial charge in [0.15, 0.2) is 0 Å². The summed E-state index contributed by atoms with van der Waals surface area (Å²) in [7, 11) is 0. The lowest BCUT2D eigenvalue weighted by Gasteiger charge is -2.12. The van der Waals surface area contributed by atoms with Crippen LogP contribution in [0.4, 0.5) is 23.7 Å². The molecular formula is C16H19F3N4O. The van der Waals surface area contributed by atoms with Crippen LogP contribution in [-0.4, -0.2) is 15.8 Å². The van der Waals surface area contributed by atoms with E-state index in [0.29, 0.717) is 12.1 Å². The third kappa shape index (κ3) is 4.50. The minimum absolute atomic E-state index is 0.0529. The van der Waals surface area contributed by atoms with Crippen molar-refractivity contribution in [1.82, 2.24) is 15.1 Å². The van der Waals surface area contributed by atoms with E-state index in [0.717, 1.165) is 0 Å². The molecule has 0 aliphatic carbocycles. The van der Waals surface area contributed by atoms with Gasteiger partial charge in [0, 0.05) is 18.7 Å². The molecule has 1 heterocycles. The maximum Gasteiger partial charge on any atom is 0.319 e. The Morgan fingerprint density at radius 3 is 2.62 bits per heavy atom. The molecule has 2 rings (SSSR count). The van der Waals surface area contributed by atoms with E-state index < -0.39 is 18.3 Å². The Hall–Kier alpha value is -2.51. The van der Waals surface area contributed by atoms with Crippen LogP contribution in [0.3, 0.4) is 0 Å². The van der Waals surface area contributed by atoms with E-state index in [2.05, 4.69) is 15.7 Å². The van der Waals surface area contributed by atoms with Gasteiger partial charge in [-0.3, -0.25) is 4.68 Å². The third-order valence-corrected chi connectivity index (χ3v) is 3.27. The Bertz CT molecular complexity index is 700. The summed E-state index contributed by atoms with van der Waals surface area (Å²) in [4.78, 5) is 11.9. The Morgan fingerprint density at radius 1 is 1.29 bits per heavy atom. The highest BCUT2D eigenvalue weighted by molar-refractivity contribution is 5.89. The van der Waals surface area contributed by atoms with Gasteiger partial charge in [0.05, 0.1) is 11.9 Å². The van der Waals surface area contributed by atoms with Crippen molar-refractivity contribution in [3.8, 4) is 0 Å². The van der Waals surface area contributed by atoms with E-state index in [-0.39, 0.29) is 23.8 Å². The second-order valence-corrected chi connectivity index (χ2v) is 5.72. The first-order valence-corrected chi connectivity index (χ1v) is 7.50. The van der Waals surface area contributed by atoms with Crippen LogP contribution in [0.5, 0.6) is 0 Å². The number of nitrogens with zero attached hydrogens (tertiary/aromatic N) is 2. The van der Waals surface area contributed by atoms with Crippen LogP contribution >= 0.6 is 0 Å². The van der Waals surface area contributed by atoms with Crippen LogP contribution < -0.4 is 10.6 Å². The van der Waals surface area contributed by atoms with E-state index in [1.165, 1.54) is 29.1 Å². The fourth-order valence-corrected chi connectivity index (χ4v) is 2.20. The summed E-state index contributed by atoms with van der Waals surface area (Å²) in [6.45, 7) is 4.02. The van der Waals surface area contributed by atoms with Crippen LogP contribution in [0.1, 0.15) is 31.5 Å². The first kappa shape index (κ1) is 17.8. The molecule has 8 heteroatoms. The molecule has 5 nitrogen and oxygen atoms in total. The van der Waals surface area contributed by atoms with Crippen molar-refractivity contribution in [1.29, 1.82) is 0 Å². The number of benzene rings is 1. The molecular weight excluding hydrogens is 321 g/mol. The summed E-state index contributed by atoms with van der Waals surface area (Å²) in [6.07, 6.45) is -1.58. The summed E-state index contributed by atoms with van der Waals surface area (Å²) in [5, 5.41) is 8.67. The zero-order valence-corrected chi connectivity index (χ0v) is 13.4. The Balaban J connectivity index is 2.03. The molecule has 2 aromatic rings. The zero-order chi connectivity index (χ0) is 17.7. The fraction of sp³-hybridized carbons (Fsp3) is 0.375. The average Bonchev–Trinajstić information content (AvgIpc) is 2.88. The van der Waals surface area contributed by atoms with Gasteiger partial charge >= 0.3 is 6.03 Å². The number of carbonyl (C=O) groups is 1. The van der Waals surface area contributed by atoms with Crippen LogP contribution in [0, 0.1) is 11.7 Å². The molecule has 0 saturated heterocycles. The predicted molar refractivity (Wildman–Crippen MR) is 84.3 cm³/mol. The minimum atomic E-state index is -2.77. The summed E-state index contributed by atoms with van der Waals surface area (Å²) in [6, 6.07) is 5.28. The van der Waals surface area contributed by atoms with Gasteiger partial charge in [0.2, 0.25) is 0 Å². The number of halogens is 3. The van der Waals surface area contributed by atoms with E-state index in [1.807, 2.05) is 13.8 Å². The molecule has 0 spiro atoms. The molecule has 0 unspecified atom stereocenters. The van der Waals surface area contributed by atoms with Crippen molar-refractivity contribution in [2.24, 2.45) is 5.92 Å². The van der Waals surface area contributed by atoms with Crippen molar-refractivity contribution in [3.63, 3.8) is 0 Å². The van der Waals surface area contributed by atoms with Crippen molar-refractivity contribution >= 4 is 11.7 Å². The minimum Gasteiger partial charge on any atom is -0.334 e. The van der Waals surface area contributed by atoms with Gasteiger partial charge in [-0.25, -0.2) is 18.0 Å². The molecule has 24 heavy (non-hydrogen) atoms. The fourth-order valence-electron chi connectivity index (χ4n) is 2.20. The second-order valence-electron chi connectivity index (χ2n) is 5.72. The van der Waals surface area contributed by atoms with Gasteiger partial charge in [-0.05, 0) is 12.0 Å². The monoisotopic (exact) mass is 340 g/mol. The van der Waals surface area contributed by atoms with Crippen LogP contribution in [0.25, 0.3) is 0 Å². The highest BCUT2D eigenvalue weighted by Crippen LogP contribution is 2.27. The Labute approximate surface area is 137 Å². The zero-order valence-electron chi connectivity index (χ0n) is 13.4. The van der Waals surface area contributed by atoms with Crippen LogP contribution in [-0.2, 0) is 13.1 Å². The van der Waals surface area contributed by atoms with Gasteiger partial charge in [-0.15, -0.1) is 0 Å². The molecule has 2 amide bonds. The van der Waals surface area contributed by atoms with Crippen molar-refractivity contribution < 1.29 is 18.0 Å². The molecule has 130 valence electrons.